The average molecular weight is 454 g/mol. The van der Waals surface area contributed by atoms with E-state index in [1.165, 1.54) is 45.2 Å². The van der Waals surface area contributed by atoms with Gasteiger partial charge in [-0.05, 0) is 64.0 Å². The van der Waals surface area contributed by atoms with E-state index in [0.29, 0.717) is 6.54 Å². The van der Waals surface area contributed by atoms with Gasteiger partial charge in [-0.3, -0.25) is 4.79 Å². The summed E-state index contributed by atoms with van der Waals surface area (Å²) in [7, 11) is 0. The van der Waals surface area contributed by atoms with Gasteiger partial charge in [0.05, 0.1) is 5.92 Å². The van der Waals surface area contributed by atoms with Crippen molar-refractivity contribution in [1.29, 1.82) is 0 Å². The lowest BCUT2D eigenvalue weighted by atomic mass is 9.97. The highest BCUT2D eigenvalue weighted by atomic mass is 16.1. The number of anilines is 1. The van der Waals surface area contributed by atoms with E-state index < -0.39 is 0 Å². The van der Waals surface area contributed by atoms with Gasteiger partial charge in [0.2, 0.25) is 5.91 Å². The Labute approximate surface area is 197 Å². The lowest BCUT2D eigenvalue weighted by molar-refractivity contribution is -0.125. The summed E-state index contributed by atoms with van der Waals surface area (Å²) in [4.78, 5) is 31.9. The number of carbonyl (C=O) groups is 1. The van der Waals surface area contributed by atoms with E-state index in [-0.39, 0.29) is 11.8 Å². The van der Waals surface area contributed by atoms with E-state index in [1.807, 2.05) is 0 Å². The molecule has 8 heteroatoms. The van der Waals surface area contributed by atoms with Crippen molar-refractivity contribution >= 4 is 22.9 Å². The first-order chi connectivity index (χ1) is 16.2. The first kappa shape index (κ1) is 22.6. The van der Waals surface area contributed by atoms with Gasteiger partial charge in [0.1, 0.15) is 12.2 Å². The molecule has 2 saturated heterocycles. The number of aryl methyl sites for hydroxylation is 2. The van der Waals surface area contributed by atoms with E-state index >= 15 is 0 Å². The maximum atomic E-state index is 12.9. The number of carbonyl (C=O) groups excluding carboxylic acids is 1. The Kier molecular flexibility index (Phi) is 7.09. The molecule has 8 nitrogen and oxygen atoms in total. The van der Waals surface area contributed by atoms with Gasteiger partial charge < -0.3 is 19.7 Å². The minimum absolute atomic E-state index is 0.0132. The van der Waals surface area contributed by atoms with E-state index in [1.54, 1.807) is 6.33 Å². The molecule has 0 saturated carbocycles. The van der Waals surface area contributed by atoms with Crippen LogP contribution in [0, 0.1) is 11.8 Å². The van der Waals surface area contributed by atoms with Gasteiger partial charge in [0, 0.05) is 39.1 Å². The van der Waals surface area contributed by atoms with Crippen molar-refractivity contribution in [3.63, 3.8) is 0 Å². The van der Waals surface area contributed by atoms with Crippen LogP contribution in [0.15, 0.2) is 6.33 Å². The van der Waals surface area contributed by atoms with Crippen molar-refractivity contribution in [2.45, 2.75) is 71.3 Å². The van der Waals surface area contributed by atoms with Gasteiger partial charge >= 0.3 is 0 Å². The standard InChI is InChI=1S/C25H39N7O/c1-19-8-5-12-30(16-19)13-7-11-26-25(33)20-9-6-14-31(17-20)23-22-24(28-18-27-23)32-15-4-2-3-10-21(32)29-22/h18-20H,2-17H2,1H3,(H,26,33)/t19-,20+/m0/s1. The largest absolute Gasteiger partial charge is 0.356 e. The van der Waals surface area contributed by atoms with E-state index in [0.717, 1.165) is 80.6 Å². The molecule has 2 aromatic rings. The third kappa shape index (κ3) is 5.15. The predicted octanol–water partition coefficient (Wildman–Crippen LogP) is 3.01. The number of fused-ring (bicyclic) bond motifs is 3. The highest BCUT2D eigenvalue weighted by Crippen LogP contribution is 2.29. The van der Waals surface area contributed by atoms with Gasteiger partial charge in [-0.15, -0.1) is 0 Å². The zero-order chi connectivity index (χ0) is 22.6. The molecule has 2 atom stereocenters. The van der Waals surface area contributed by atoms with Crippen LogP contribution in [0.5, 0.6) is 0 Å². The molecule has 0 aromatic carbocycles. The molecule has 3 aliphatic heterocycles. The summed E-state index contributed by atoms with van der Waals surface area (Å²) in [5.41, 5.74) is 1.86. The summed E-state index contributed by atoms with van der Waals surface area (Å²) in [5.74, 6) is 3.05. The molecule has 0 bridgehead atoms. The number of hydrogen-bond acceptors (Lipinski definition) is 6. The second kappa shape index (κ2) is 10.4. The van der Waals surface area contributed by atoms with E-state index in [4.69, 9.17) is 4.98 Å². The Morgan fingerprint density at radius 2 is 1.97 bits per heavy atom. The topological polar surface area (TPSA) is 79.2 Å². The quantitative estimate of drug-likeness (QED) is 0.678. The maximum Gasteiger partial charge on any atom is 0.224 e. The summed E-state index contributed by atoms with van der Waals surface area (Å²) < 4.78 is 2.28. The zero-order valence-electron chi connectivity index (χ0n) is 20.1. The Bertz CT molecular complexity index is 958. The van der Waals surface area contributed by atoms with Crippen LogP contribution in [0.1, 0.15) is 64.1 Å². The van der Waals surface area contributed by atoms with Crippen LogP contribution in [0.3, 0.4) is 0 Å². The molecule has 2 fully saturated rings. The monoisotopic (exact) mass is 453 g/mol. The molecular formula is C25H39N7O. The molecule has 0 aliphatic carbocycles. The lowest BCUT2D eigenvalue weighted by Crippen LogP contribution is -2.44. The summed E-state index contributed by atoms with van der Waals surface area (Å²) in [6.07, 6.45) is 11.9. The number of rotatable bonds is 6. The molecule has 33 heavy (non-hydrogen) atoms. The number of amides is 1. The molecule has 5 rings (SSSR count). The molecule has 0 unspecified atom stereocenters. The fraction of sp³-hybridized carbons (Fsp3) is 0.760. The normalized spacial score (nSPS) is 24.5. The molecular weight excluding hydrogens is 414 g/mol. The Balaban J connectivity index is 1.18. The van der Waals surface area contributed by atoms with Crippen molar-refractivity contribution in [3.05, 3.63) is 12.2 Å². The molecule has 180 valence electrons. The number of hydrogen-bond donors (Lipinski definition) is 1. The molecule has 5 heterocycles. The highest BCUT2D eigenvalue weighted by Gasteiger charge is 2.29. The van der Waals surface area contributed by atoms with E-state index in [9.17, 15) is 4.79 Å². The van der Waals surface area contributed by atoms with Crippen LogP contribution in [-0.4, -0.2) is 69.6 Å². The van der Waals surface area contributed by atoms with Crippen molar-refractivity contribution in [2.75, 3.05) is 44.2 Å². The Hall–Kier alpha value is -2.22. The van der Waals surface area contributed by atoms with Gasteiger partial charge in [-0.1, -0.05) is 13.3 Å². The Morgan fingerprint density at radius 1 is 1.06 bits per heavy atom. The van der Waals surface area contributed by atoms with Crippen molar-refractivity contribution in [3.8, 4) is 0 Å². The second-order valence-corrected chi connectivity index (χ2v) is 10.3. The lowest BCUT2D eigenvalue weighted by Gasteiger charge is -2.33. The fourth-order valence-electron chi connectivity index (χ4n) is 5.89. The molecule has 1 amide bonds. The number of likely N-dealkylation sites (tertiary alicyclic amines) is 1. The van der Waals surface area contributed by atoms with Crippen molar-refractivity contribution in [2.24, 2.45) is 11.8 Å². The molecule has 0 spiro atoms. The van der Waals surface area contributed by atoms with Gasteiger partial charge in [-0.25, -0.2) is 15.0 Å². The minimum atomic E-state index is 0.0132. The smallest absolute Gasteiger partial charge is 0.224 e. The fourth-order valence-corrected chi connectivity index (χ4v) is 5.89. The van der Waals surface area contributed by atoms with Crippen LogP contribution < -0.4 is 10.2 Å². The predicted molar refractivity (Wildman–Crippen MR) is 130 cm³/mol. The van der Waals surface area contributed by atoms with Crippen LogP contribution in [0.2, 0.25) is 0 Å². The molecule has 1 N–H and O–H groups in total. The first-order valence-corrected chi connectivity index (χ1v) is 13.1. The summed E-state index contributed by atoms with van der Waals surface area (Å²) in [6.45, 7) is 9.24. The highest BCUT2D eigenvalue weighted by molar-refractivity contribution is 5.85. The number of piperidine rings is 2. The minimum Gasteiger partial charge on any atom is -0.356 e. The van der Waals surface area contributed by atoms with Crippen LogP contribution in [-0.2, 0) is 17.8 Å². The van der Waals surface area contributed by atoms with Crippen LogP contribution in [0.25, 0.3) is 11.2 Å². The number of nitrogens with one attached hydrogen (secondary N) is 1. The van der Waals surface area contributed by atoms with Crippen molar-refractivity contribution < 1.29 is 4.79 Å². The average Bonchev–Trinajstić information content (AvgIpc) is 3.02. The number of imidazole rings is 1. The van der Waals surface area contributed by atoms with E-state index in [2.05, 4.69) is 36.6 Å². The van der Waals surface area contributed by atoms with Crippen LogP contribution in [0.4, 0.5) is 5.82 Å². The molecule has 0 radical (unpaired) electrons. The maximum absolute atomic E-state index is 12.9. The third-order valence-corrected chi connectivity index (χ3v) is 7.66. The SMILES string of the molecule is C[C@H]1CCCN(CCCNC(=O)[C@@H]2CCCN(c3ncnc4c3nc3n4CCCCC3)C2)C1. The third-order valence-electron chi connectivity index (χ3n) is 7.66. The first-order valence-electron chi connectivity index (χ1n) is 13.1. The van der Waals surface area contributed by atoms with Crippen molar-refractivity contribution in [1.82, 2.24) is 29.7 Å². The van der Waals surface area contributed by atoms with Gasteiger partial charge in [0.25, 0.3) is 0 Å². The molecule has 3 aliphatic rings. The summed E-state index contributed by atoms with van der Waals surface area (Å²) in [5, 5.41) is 3.21. The Morgan fingerprint density at radius 3 is 2.88 bits per heavy atom. The van der Waals surface area contributed by atoms with Gasteiger partial charge in [0.15, 0.2) is 17.0 Å². The number of nitrogens with zero attached hydrogens (tertiary/aromatic N) is 6. The second-order valence-electron chi connectivity index (χ2n) is 10.3. The summed E-state index contributed by atoms with van der Waals surface area (Å²) >= 11 is 0. The molecule has 2 aromatic heterocycles. The van der Waals surface area contributed by atoms with Crippen LogP contribution >= 0.6 is 0 Å². The number of aromatic nitrogens is 4. The zero-order valence-corrected chi connectivity index (χ0v) is 20.1. The van der Waals surface area contributed by atoms with Gasteiger partial charge in [-0.2, -0.15) is 0 Å². The summed E-state index contributed by atoms with van der Waals surface area (Å²) in [6, 6.07) is 0.